The minimum Gasteiger partial charge on any atom is -0.271 e. The molecule has 2 aromatic heterocycles. The molecule has 2 aromatic rings. The third-order valence-electron chi connectivity index (χ3n) is 2.23. The average Bonchev–Trinajstić information content (AvgIpc) is 2.34. The average molecular weight is 218 g/mol. The SMILES string of the molecule is NNC(c1cccnc1)c1ccc(F)cn1. The largest absolute Gasteiger partial charge is 0.271 e. The van der Waals surface area contributed by atoms with Crippen LogP contribution in [0.1, 0.15) is 17.3 Å². The fourth-order valence-electron chi connectivity index (χ4n) is 1.46. The van der Waals surface area contributed by atoms with E-state index in [2.05, 4.69) is 15.4 Å². The van der Waals surface area contributed by atoms with Gasteiger partial charge in [-0.05, 0) is 23.8 Å². The van der Waals surface area contributed by atoms with Crippen LogP contribution >= 0.6 is 0 Å². The highest BCUT2D eigenvalue weighted by atomic mass is 19.1. The van der Waals surface area contributed by atoms with Crippen LogP contribution in [-0.4, -0.2) is 9.97 Å². The maximum atomic E-state index is 12.7. The Hall–Kier alpha value is -1.85. The fraction of sp³-hybridized carbons (Fsp3) is 0.0909. The van der Waals surface area contributed by atoms with E-state index in [1.54, 1.807) is 18.5 Å². The molecule has 1 atom stereocenters. The summed E-state index contributed by atoms with van der Waals surface area (Å²) in [4.78, 5) is 7.98. The van der Waals surface area contributed by atoms with Gasteiger partial charge in [-0.2, -0.15) is 0 Å². The van der Waals surface area contributed by atoms with Gasteiger partial charge >= 0.3 is 0 Å². The molecule has 2 heterocycles. The van der Waals surface area contributed by atoms with E-state index in [9.17, 15) is 4.39 Å². The monoisotopic (exact) mass is 218 g/mol. The number of aromatic nitrogens is 2. The first-order valence-electron chi connectivity index (χ1n) is 4.79. The molecule has 5 heteroatoms. The summed E-state index contributed by atoms with van der Waals surface area (Å²) in [6, 6.07) is 6.34. The molecule has 0 bridgehead atoms. The van der Waals surface area contributed by atoms with E-state index in [1.165, 1.54) is 6.07 Å². The number of hydrazine groups is 1. The van der Waals surface area contributed by atoms with Gasteiger partial charge in [-0.25, -0.2) is 9.82 Å². The molecular weight excluding hydrogens is 207 g/mol. The molecule has 0 aromatic carbocycles. The Bertz CT molecular complexity index is 443. The number of rotatable bonds is 3. The fourth-order valence-corrected chi connectivity index (χ4v) is 1.46. The highest BCUT2D eigenvalue weighted by Gasteiger charge is 2.13. The van der Waals surface area contributed by atoms with Crippen LogP contribution in [0, 0.1) is 5.82 Å². The van der Waals surface area contributed by atoms with Gasteiger partial charge in [0.25, 0.3) is 0 Å². The Kier molecular flexibility index (Phi) is 3.19. The van der Waals surface area contributed by atoms with E-state index in [0.29, 0.717) is 5.69 Å². The maximum Gasteiger partial charge on any atom is 0.141 e. The van der Waals surface area contributed by atoms with Crippen molar-refractivity contribution in [2.75, 3.05) is 0 Å². The van der Waals surface area contributed by atoms with Gasteiger partial charge in [0, 0.05) is 12.4 Å². The smallest absolute Gasteiger partial charge is 0.141 e. The number of nitrogens with zero attached hydrogens (tertiary/aromatic N) is 2. The zero-order valence-corrected chi connectivity index (χ0v) is 8.47. The number of pyridine rings is 2. The van der Waals surface area contributed by atoms with E-state index in [1.807, 2.05) is 12.1 Å². The van der Waals surface area contributed by atoms with Crippen molar-refractivity contribution < 1.29 is 4.39 Å². The predicted octanol–water partition coefficient (Wildman–Crippen LogP) is 1.17. The molecule has 0 aliphatic heterocycles. The molecule has 0 saturated carbocycles. The molecule has 0 amide bonds. The van der Waals surface area contributed by atoms with E-state index in [0.717, 1.165) is 11.8 Å². The quantitative estimate of drug-likeness (QED) is 0.599. The van der Waals surface area contributed by atoms with Gasteiger partial charge < -0.3 is 0 Å². The second-order valence-electron chi connectivity index (χ2n) is 3.29. The van der Waals surface area contributed by atoms with Crippen molar-refractivity contribution in [3.63, 3.8) is 0 Å². The molecule has 0 fully saturated rings. The topological polar surface area (TPSA) is 63.8 Å². The lowest BCUT2D eigenvalue weighted by atomic mass is 10.1. The van der Waals surface area contributed by atoms with E-state index < -0.39 is 0 Å². The van der Waals surface area contributed by atoms with Gasteiger partial charge in [0.15, 0.2) is 0 Å². The third-order valence-corrected chi connectivity index (χ3v) is 2.23. The second-order valence-corrected chi connectivity index (χ2v) is 3.29. The highest BCUT2D eigenvalue weighted by Crippen LogP contribution is 2.18. The first-order chi connectivity index (χ1) is 7.81. The number of nitrogens with two attached hydrogens (primary N) is 1. The Balaban J connectivity index is 2.33. The standard InChI is InChI=1S/C11H11FN4/c12-9-3-4-10(15-7-9)11(16-13)8-2-1-5-14-6-8/h1-7,11,16H,13H2. The van der Waals surface area contributed by atoms with Crippen molar-refractivity contribution >= 4 is 0 Å². The van der Waals surface area contributed by atoms with Crippen LogP contribution in [0.2, 0.25) is 0 Å². The van der Waals surface area contributed by atoms with Crippen LogP contribution in [0.4, 0.5) is 4.39 Å². The minimum atomic E-state index is -0.370. The lowest BCUT2D eigenvalue weighted by Crippen LogP contribution is -2.29. The Morgan fingerprint density at radius 2 is 2.12 bits per heavy atom. The van der Waals surface area contributed by atoms with Gasteiger partial charge in [0.1, 0.15) is 5.82 Å². The molecular formula is C11H11FN4. The van der Waals surface area contributed by atoms with Gasteiger partial charge in [-0.15, -0.1) is 0 Å². The number of nitrogens with one attached hydrogen (secondary N) is 1. The second kappa shape index (κ2) is 4.78. The summed E-state index contributed by atoms with van der Waals surface area (Å²) >= 11 is 0. The van der Waals surface area contributed by atoms with Gasteiger partial charge in [-0.3, -0.25) is 15.8 Å². The van der Waals surface area contributed by atoms with E-state index >= 15 is 0 Å². The summed E-state index contributed by atoms with van der Waals surface area (Å²) in [5, 5.41) is 0. The zero-order valence-electron chi connectivity index (χ0n) is 8.47. The first-order valence-corrected chi connectivity index (χ1v) is 4.79. The summed E-state index contributed by atoms with van der Waals surface area (Å²) in [6.07, 6.45) is 4.53. The molecule has 0 aliphatic carbocycles. The highest BCUT2D eigenvalue weighted by molar-refractivity contribution is 5.24. The van der Waals surface area contributed by atoms with Gasteiger partial charge in [0.2, 0.25) is 0 Å². The summed E-state index contributed by atoms with van der Waals surface area (Å²) in [6.45, 7) is 0. The molecule has 82 valence electrons. The van der Waals surface area contributed by atoms with Crippen molar-refractivity contribution in [2.45, 2.75) is 6.04 Å². The van der Waals surface area contributed by atoms with Gasteiger partial charge in [0.05, 0.1) is 17.9 Å². The molecule has 1 unspecified atom stereocenters. The Morgan fingerprint density at radius 1 is 1.25 bits per heavy atom. The van der Waals surface area contributed by atoms with Crippen LogP contribution in [0.15, 0.2) is 42.9 Å². The van der Waals surface area contributed by atoms with E-state index in [-0.39, 0.29) is 11.9 Å². The van der Waals surface area contributed by atoms with Crippen LogP contribution in [0.3, 0.4) is 0 Å². The third kappa shape index (κ3) is 2.21. The van der Waals surface area contributed by atoms with Gasteiger partial charge in [-0.1, -0.05) is 6.07 Å². The van der Waals surface area contributed by atoms with Crippen molar-refractivity contribution in [3.8, 4) is 0 Å². The molecule has 4 nitrogen and oxygen atoms in total. The molecule has 0 saturated heterocycles. The van der Waals surface area contributed by atoms with Crippen LogP contribution < -0.4 is 11.3 Å². The summed E-state index contributed by atoms with van der Waals surface area (Å²) in [5.41, 5.74) is 4.16. The van der Waals surface area contributed by atoms with Crippen LogP contribution in [0.5, 0.6) is 0 Å². The predicted molar refractivity (Wildman–Crippen MR) is 57.6 cm³/mol. The van der Waals surface area contributed by atoms with E-state index in [4.69, 9.17) is 5.84 Å². The van der Waals surface area contributed by atoms with Crippen molar-refractivity contribution in [2.24, 2.45) is 5.84 Å². The van der Waals surface area contributed by atoms with Crippen molar-refractivity contribution in [3.05, 3.63) is 59.9 Å². The molecule has 0 aliphatic rings. The zero-order chi connectivity index (χ0) is 11.4. The Labute approximate surface area is 92.3 Å². The molecule has 16 heavy (non-hydrogen) atoms. The number of hydrogen-bond donors (Lipinski definition) is 2. The lowest BCUT2D eigenvalue weighted by molar-refractivity contribution is 0.595. The Morgan fingerprint density at radius 3 is 2.69 bits per heavy atom. The van der Waals surface area contributed by atoms with Crippen LogP contribution in [-0.2, 0) is 0 Å². The van der Waals surface area contributed by atoms with Crippen molar-refractivity contribution in [1.29, 1.82) is 0 Å². The summed E-state index contributed by atoms with van der Waals surface area (Å²) < 4.78 is 12.7. The minimum absolute atomic E-state index is 0.283. The molecule has 2 rings (SSSR count). The number of hydrogen-bond acceptors (Lipinski definition) is 4. The number of halogens is 1. The maximum absolute atomic E-state index is 12.7. The van der Waals surface area contributed by atoms with Crippen molar-refractivity contribution in [1.82, 2.24) is 15.4 Å². The molecule has 3 N–H and O–H groups in total. The summed E-state index contributed by atoms with van der Waals surface area (Å²) in [7, 11) is 0. The van der Waals surface area contributed by atoms with Crippen LogP contribution in [0.25, 0.3) is 0 Å². The molecule has 0 spiro atoms. The first kappa shape index (κ1) is 10.7. The summed E-state index contributed by atoms with van der Waals surface area (Å²) in [5.74, 6) is 5.09. The lowest BCUT2D eigenvalue weighted by Gasteiger charge is -2.14. The molecule has 0 radical (unpaired) electrons. The normalized spacial score (nSPS) is 12.4.